The summed E-state index contributed by atoms with van der Waals surface area (Å²) < 4.78 is 0. The number of hydrogen-bond acceptors (Lipinski definition) is 2. The number of likely N-dealkylation sites (tertiary alicyclic amines) is 1. The van der Waals surface area contributed by atoms with Crippen LogP contribution in [-0.4, -0.2) is 49.4 Å². The van der Waals surface area contributed by atoms with Crippen LogP contribution in [0.5, 0.6) is 0 Å². The normalized spacial score (nSPS) is 19.1. The van der Waals surface area contributed by atoms with Gasteiger partial charge in [-0.25, -0.2) is 0 Å². The standard InChI is InChI=1S/C16H23N2O/c1-17(2)10-8-15-9-11-18(13-15)16(19)12-14-6-4-3-5-7-14/h3-4,6-7,15H,8-13H2,1-2H3. The summed E-state index contributed by atoms with van der Waals surface area (Å²) in [6.45, 7) is 2.97. The van der Waals surface area contributed by atoms with Crippen LogP contribution in [0.15, 0.2) is 24.3 Å². The lowest BCUT2D eigenvalue weighted by Gasteiger charge is -2.17. The van der Waals surface area contributed by atoms with Crippen molar-refractivity contribution in [3.8, 4) is 0 Å². The van der Waals surface area contributed by atoms with Crippen LogP contribution >= 0.6 is 0 Å². The van der Waals surface area contributed by atoms with Crippen molar-refractivity contribution in [1.29, 1.82) is 0 Å². The van der Waals surface area contributed by atoms with Crippen molar-refractivity contribution >= 4 is 5.91 Å². The van der Waals surface area contributed by atoms with E-state index in [0.29, 0.717) is 12.3 Å². The molecular weight excluding hydrogens is 236 g/mol. The molecule has 1 aromatic carbocycles. The Morgan fingerprint density at radius 3 is 3.05 bits per heavy atom. The number of hydrogen-bond donors (Lipinski definition) is 0. The van der Waals surface area contributed by atoms with Crippen molar-refractivity contribution in [1.82, 2.24) is 9.80 Å². The van der Waals surface area contributed by atoms with E-state index in [4.69, 9.17) is 0 Å². The number of nitrogens with zero attached hydrogens (tertiary/aromatic N) is 2. The fourth-order valence-corrected chi connectivity index (χ4v) is 2.56. The van der Waals surface area contributed by atoms with Crippen molar-refractivity contribution in [3.63, 3.8) is 0 Å². The van der Waals surface area contributed by atoms with Gasteiger partial charge >= 0.3 is 0 Å². The van der Waals surface area contributed by atoms with Gasteiger partial charge in [0.1, 0.15) is 0 Å². The quantitative estimate of drug-likeness (QED) is 0.805. The lowest BCUT2D eigenvalue weighted by Crippen LogP contribution is -2.30. The molecule has 1 aromatic rings. The van der Waals surface area contributed by atoms with Gasteiger partial charge in [0.15, 0.2) is 0 Å². The van der Waals surface area contributed by atoms with Crippen LogP contribution in [0.1, 0.15) is 18.4 Å². The van der Waals surface area contributed by atoms with Crippen molar-refractivity contribution < 1.29 is 4.79 Å². The minimum atomic E-state index is 0.256. The smallest absolute Gasteiger partial charge is 0.226 e. The van der Waals surface area contributed by atoms with Crippen molar-refractivity contribution in [2.45, 2.75) is 19.3 Å². The van der Waals surface area contributed by atoms with Crippen molar-refractivity contribution in [3.05, 3.63) is 35.9 Å². The molecule has 0 spiro atoms. The Hall–Kier alpha value is -1.35. The van der Waals surface area contributed by atoms with E-state index in [1.54, 1.807) is 0 Å². The maximum absolute atomic E-state index is 12.2. The summed E-state index contributed by atoms with van der Waals surface area (Å²) in [4.78, 5) is 16.4. The number of benzene rings is 1. The summed E-state index contributed by atoms with van der Waals surface area (Å²) in [6, 6.07) is 10.7. The molecule has 0 N–H and O–H groups in total. The highest BCUT2D eigenvalue weighted by atomic mass is 16.2. The Morgan fingerprint density at radius 1 is 1.53 bits per heavy atom. The third-order valence-electron chi connectivity index (χ3n) is 3.75. The van der Waals surface area contributed by atoms with E-state index in [2.05, 4.69) is 25.1 Å². The second kappa shape index (κ2) is 6.71. The number of carbonyl (C=O) groups is 1. The first kappa shape index (κ1) is 14.1. The molecule has 1 heterocycles. The van der Waals surface area contributed by atoms with E-state index in [1.807, 2.05) is 29.2 Å². The van der Waals surface area contributed by atoms with Gasteiger partial charge in [0.05, 0.1) is 6.42 Å². The summed E-state index contributed by atoms with van der Waals surface area (Å²) in [7, 11) is 4.20. The first-order valence-electron chi connectivity index (χ1n) is 7.02. The molecule has 0 bridgehead atoms. The zero-order chi connectivity index (χ0) is 13.7. The molecule has 1 fully saturated rings. The largest absolute Gasteiger partial charge is 0.342 e. The molecule has 0 aromatic heterocycles. The molecule has 19 heavy (non-hydrogen) atoms. The summed E-state index contributed by atoms with van der Waals surface area (Å²) in [5.41, 5.74) is 1.06. The van der Waals surface area contributed by atoms with Gasteiger partial charge in [0.2, 0.25) is 5.91 Å². The highest BCUT2D eigenvalue weighted by Gasteiger charge is 2.25. The van der Waals surface area contributed by atoms with Crippen LogP contribution in [0, 0.1) is 12.0 Å². The average molecular weight is 259 g/mol. The van der Waals surface area contributed by atoms with Crippen LogP contribution in [0.2, 0.25) is 0 Å². The predicted molar refractivity (Wildman–Crippen MR) is 76.8 cm³/mol. The Morgan fingerprint density at radius 2 is 2.37 bits per heavy atom. The molecule has 2 rings (SSSR count). The molecule has 1 saturated heterocycles. The molecule has 3 heteroatoms. The van der Waals surface area contributed by atoms with Gasteiger partial charge in [0.25, 0.3) is 0 Å². The van der Waals surface area contributed by atoms with E-state index in [-0.39, 0.29) is 5.91 Å². The van der Waals surface area contributed by atoms with Gasteiger partial charge in [-0.05, 0) is 51.0 Å². The monoisotopic (exact) mass is 259 g/mol. The molecule has 103 valence electrons. The zero-order valence-corrected chi connectivity index (χ0v) is 11.9. The van der Waals surface area contributed by atoms with Crippen LogP contribution < -0.4 is 0 Å². The van der Waals surface area contributed by atoms with E-state index in [1.165, 1.54) is 6.42 Å². The molecular formula is C16H23N2O. The zero-order valence-electron chi connectivity index (χ0n) is 11.9. The molecule has 1 aliphatic rings. The molecule has 1 aliphatic heterocycles. The van der Waals surface area contributed by atoms with Gasteiger partial charge in [-0.15, -0.1) is 0 Å². The van der Waals surface area contributed by atoms with Crippen LogP contribution in [0.25, 0.3) is 0 Å². The molecule has 1 atom stereocenters. The third kappa shape index (κ3) is 4.35. The van der Waals surface area contributed by atoms with Crippen molar-refractivity contribution in [2.75, 3.05) is 33.7 Å². The van der Waals surface area contributed by atoms with Crippen molar-refractivity contribution in [2.24, 2.45) is 5.92 Å². The number of amides is 1. The molecule has 1 amide bonds. The Labute approximate surface area is 116 Å². The van der Waals surface area contributed by atoms with E-state index < -0.39 is 0 Å². The first-order chi connectivity index (χ1) is 9.15. The average Bonchev–Trinajstić information content (AvgIpc) is 2.86. The van der Waals surface area contributed by atoms with Gasteiger partial charge in [-0.1, -0.05) is 24.3 Å². The second-order valence-electron chi connectivity index (χ2n) is 5.67. The Kier molecular flexibility index (Phi) is 4.97. The minimum Gasteiger partial charge on any atom is -0.342 e. The SMILES string of the molecule is CN(C)CCC1CCN(C(=O)Cc2c[c]ccc2)C1. The molecule has 3 nitrogen and oxygen atoms in total. The summed E-state index contributed by atoms with van der Waals surface area (Å²) in [5.74, 6) is 0.931. The maximum atomic E-state index is 12.2. The maximum Gasteiger partial charge on any atom is 0.226 e. The summed E-state index contributed by atoms with van der Waals surface area (Å²) in [5, 5.41) is 0. The van der Waals surface area contributed by atoms with E-state index in [9.17, 15) is 4.79 Å². The molecule has 1 unspecified atom stereocenters. The number of carbonyl (C=O) groups excluding carboxylic acids is 1. The van der Waals surface area contributed by atoms with Gasteiger partial charge < -0.3 is 9.80 Å². The first-order valence-corrected chi connectivity index (χ1v) is 7.02. The van der Waals surface area contributed by atoms with E-state index >= 15 is 0 Å². The summed E-state index contributed by atoms with van der Waals surface area (Å²) in [6.07, 6.45) is 2.86. The molecule has 0 saturated carbocycles. The Bertz CT molecular complexity index is 402. The van der Waals surface area contributed by atoms with Crippen LogP contribution in [-0.2, 0) is 11.2 Å². The lowest BCUT2D eigenvalue weighted by molar-refractivity contribution is -0.129. The third-order valence-corrected chi connectivity index (χ3v) is 3.75. The summed E-state index contributed by atoms with van der Waals surface area (Å²) >= 11 is 0. The highest BCUT2D eigenvalue weighted by Crippen LogP contribution is 2.20. The minimum absolute atomic E-state index is 0.256. The fraction of sp³-hybridized carbons (Fsp3) is 0.562. The highest BCUT2D eigenvalue weighted by molar-refractivity contribution is 5.79. The predicted octanol–water partition coefficient (Wildman–Crippen LogP) is 1.83. The topological polar surface area (TPSA) is 23.6 Å². The molecule has 1 radical (unpaired) electrons. The molecule has 0 aliphatic carbocycles. The van der Waals surface area contributed by atoms with Gasteiger partial charge in [0, 0.05) is 13.1 Å². The van der Waals surface area contributed by atoms with E-state index in [0.717, 1.165) is 31.6 Å². The second-order valence-corrected chi connectivity index (χ2v) is 5.67. The van der Waals surface area contributed by atoms with Gasteiger partial charge in [-0.2, -0.15) is 0 Å². The fourth-order valence-electron chi connectivity index (χ4n) is 2.56. The number of rotatable bonds is 5. The lowest BCUT2D eigenvalue weighted by atomic mass is 10.1. The Balaban J connectivity index is 1.79. The van der Waals surface area contributed by atoms with Crippen LogP contribution in [0.3, 0.4) is 0 Å². The van der Waals surface area contributed by atoms with Crippen LogP contribution in [0.4, 0.5) is 0 Å². The van der Waals surface area contributed by atoms with Gasteiger partial charge in [-0.3, -0.25) is 4.79 Å².